The van der Waals surface area contributed by atoms with Crippen LogP contribution in [0.1, 0.15) is 80.7 Å². The van der Waals surface area contributed by atoms with E-state index in [4.69, 9.17) is 0 Å². The van der Waals surface area contributed by atoms with Gasteiger partial charge in [-0.2, -0.15) is 18.3 Å². The number of halogens is 5. The highest BCUT2D eigenvalue weighted by molar-refractivity contribution is 6.08. The summed E-state index contributed by atoms with van der Waals surface area (Å²) in [5.41, 5.74) is 1.60. The Balaban J connectivity index is 2.43. The molecular weight excluding hydrogens is 459 g/mol. The number of nitrogens with zero attached hydrogens (tertiary/aromatic N) is 1. The Hall–Kier alpha value is -3.22. The Bertz CT molecular complexity index is 1240. The monoisotopic (exact) mass is 488 g/mol. The number of allylic oxidation sites excluding steroid dienone is 3. The van der Waals surface area contributed by atoms with Gasteiger partial charge in [-0.15, -0.1) is 0 Å². The number of benzene rings is 2. The number of hydrogen-bond acceptors (Lipinski definition) is 1. The smallest absolute Gasteiger partial charge is 0.278 e. The molecule has 0 radical (unpaired) electrons. The van der Waals surface area contributed by atoms with Crippen molar-refractivity contribution >= 4 is 11.1 Å². The fourth-order valence-corrected chi connectivity index (χ4v) is 4.28. The number of aromatic amines is 1. The van der Waals surface area contributed by atoms with Gasteiger partial charge in [-0.25, -0.2) is 8.78 Å². The van der Waals surface area contributed by atoms with Gasteiger partial charge in [-0.05, 0) is 71.7 Å². The maximum atomic E-state index is 14.7. The second kappa shape index (κ2) is 10.2. The third-order valence-corrected chi connectivity index (χ3v) is 6.35. The average molecular weight is 489 g/mol. The highest BCUT2D eigenvalue weighted by atomic mass is 19.4. The summed E-state index contributed by atoms with van der Waals surface area (Å²) < 4.78 is 71.3. The molecule has 0 saturated heterocycles. The minimum atomic E-state index is -4.59. The number of alkyl halides is 3. The van der Waals surface area contributed by atoms with Crippen molar-refractivity contribution in [1.82, 2.24) is 10.2 Å². The van der Waals surface area contributed by atoms with Crippen LogP contribution in [0.4, 0.5) is 22.0 Å². The predicted octanol–water partition coefficient (Wildman–Crippen LogP) is 9.13. The Morgan fingerprint density at radius 2 is 1.69 bits per heavy atom. The molecule has 2 aromatic carbocycles. The zero-order chi connectivity index (χ0) is 26.1. The lowest BCUT2D eigenvalue weighted by molar-refractivity contribution is -0.137. The first-order valence-electron chi connectivity index (χ1n) is 11.5. The van der Waals surface area contributed by atoms with Crippen molar-refractivity contribution in [2.45, 2.75) is 59.1 Å². The van der Waals surface area contributed by atoms with Gasteiger partial charge in [0.1, 0.15) is 11.6 Å². The molecule has 2 nitrogen and oxygen atoms in total. The molecular formula is C28H29F5N2. The van der Waals surface area contributed by atoms with Gasteiger partial charge < -0.3 is 0 Å². The predicted molar refractivity (Wildman–Crippen MR) is 131 cm³/mol. The van der Waals surface area contributed by atoms with Crippen molar-refractivity contribution in [2.24, 2.45) is 0 Å². The van der Waals surface area contributed by atoms with Crippen LogP contribution < -0.4 is 0 Å². The minimum absolute atomic E-state index is 0.0231. The van der Waals surface area contributed by atoms with E-state index >= 15 is 0 Å². The van der Waals surface area contributed by atoms with Crippen LogP contribution >= 0.6 is 0 Å². The number of rotatable bonds is 7. The van der Waals surface area contributed by atoms with Crippen LogP contribution in [0.5, 0.6) is 0 Å². The van der Waals surface area contributed by atoms with E-state index in [1.165, 1.54) is 6.07 Å². The quantitative estimate of drug-likeness (QED) is 0.261. The van der Waals surface area contributed by atoms with E-state index in [9.17, 15) is 22.0 Å². The summed E-state index contributed by atoms with van der Waals surface area (Å²) >= 11 is 0. The molecule has 1 N–H and O–H groups in total. The standard InChI is InChI=1S/C28H29F5N2/c1-7-16(5)22-14-34-35-27(22)21-13-18(28(31,32)33)12-20(15(3)4)26(21)19(8-2)17(6)25-23(29)10-9-11-24(25)30/h8-16H,6-7H2,1-5H3,(H,34,35)/b19-8-/t16-/m1/s1. The maximum Gasteiger partial charge on any atom is 0.416 e. The molecule has 0 aliphatic heterocycles. The molecule has 1 aromatic heterocycles. The third-order valence-electron chi connectivity index (χ3n) is 6.35. The van der Waals surface area contributed by atoms with Crippen LogP contribution in [0.3, 0.4) is 0 Å². The lowest BCUT2D eigenvalue weighted by Crippen LogP contribution is -2.11. The van der Waals surface area contributed by atoms with Gasteiger partial charge in [0.2, 0.25) is 0 Å². The molecule has 3 aromatic rings. The third kappa shape index (κ3) is 5.09. The first-order chi connectivity index (χ1) is 16.4. The average Bonchev–Trinajstić information content (AvgIpc) is 3.27. The molecule has 0 aliphatic rings. The molecule has 0 aliphatic carbocycles. The van der Waals surface area contributed by atoms with Crippen LogP contribution in [0.15, 0.2) is 49.2 Å². The van der Waals surface area contributed by atoms with Crippen molar-refractivity contribution in [3.8, 4) is 11.3 Å². The molecule has 1 atom stereocenters. The molecule has 0 bridgehead atoms. The van der Waals surface area contributed by atoms with Crippen LogP contribution in [0, 0.1) is 11.6 Å². The van der Waals surface area contributed by atoms with E-state index in [0.717, 1.165) is 36.2 Å². The summed E-state index contributed by atoms with van der Waals surface area (Å²) in [7, 11) is 0. The summed E-state index contributed by atoms with van der Waals surface area (Å²) in [6.07, 6.45) is -0.589. The highest BCUT2D eigenvalue weighted by Gasteiger charge is 2.34. The second-order valence-corrected chi connectivity index (χ2v) is 8.93. The summed E-state index contributed by atoms with van der Waals surface area (Å²) in [5.74, 6) is -1.89. The minimum Gasteiger partial charge on any atom is -0.278 e. The molecule has 0 fully saturated rings. The fraction of sp³-hybridized carbons (Fsp3) is 0.321. The first-order valence-corrected chi connectivity index (χ1v) is 11.5. The second-order valence-electron chi connectivity index (χ2n) is 8.93. The molecule has 186 valence electrons. The Morgan fingerprint density at radius 3 is 2.20 bits per heavy atom. The van der Waals surface area contributed by atoms with Crippen LogP contribution in [-0.4, -0.2) is 10.2 Å². The Kier molecular flexibility index (Phi) is 7.68. The Labute approximate surface area is 202 Å². The van der Waals surface area contributed by atoms with E-state index in [-0.39, 0.29) is 28.5 Å². The summed E-state index contributed by atoms with van der Waals surface area (Å²) in [6.45, 7) is 13.2. The van der Waals surface area contributed by atoms with E-state index in [2.05, 4.69) is 16.8 Å². The van der Waals surface area contributed by atoms with Crippen molar-refractivity contribution in [2.75, 3.05) is 0 Å². The molecule has 35 heavy (non-hydrogen) atoms. The molecule has 1 heterocycles. The van der Waals surface area contributed by atoms with Crippen LogP contribution in [0.2, 0.25) is 0 Å². The van der Waals surface area contributed by atoms with Crippen LogP contribution in [-0.2, 0) is 6.18 Å². The zero-order valence-electron chi connectivity index (χ0n) is 20.4. The Morgan fingerprint density at radius 1 is 1.06 bits per heavy atom. The van der Waals surface area contributed by atoms with E-state index in [1.807, 2.05) is 13.8 Å². The summed E-state index contributed by atoms with van der Waals surface area (Å²) in [4.78, 5) is 0. The van der Waals surface area contributed by atoms with Gasteiger partial charge in [-0.3, -0.25) is 5.10 Å². The van der Waals surface area contributed by atoms with Gasteiger partial charge in [-0.1, -0.05) is 46.4 Å². The molecule has 3 rings (SSSR count). The SMILES string of the molecule is C=C(/C(=C/C)c1c(-c2[nH]ncc2[C@H](C)CC)cc(C(F)(F)F)cc1C(C)C)c1c(F)cccc1F. The number of aromatic nitrogens is 2. The van der Waals surface area contributed by atoms with Crippen molar-refractivity contribution < 1.29 is 22.0 Å². The lowest BCUT2D eigenvalue weighted by atomic mass is 9.80. The van der Waals surface area contributed by atoms with E-state index in [0.29, 0.717) is 22.4 Å². The number of nitrogens with one attached hydrogen (secondary N) is 1. The normalized spacial score (nSPS) is 13.4. The lowest BCUT2D eigenvalue weighted by Gasteiger charge is -2.24. The van der Waals surface area contributed by atoms with E-state index in [1.54, 1.807) is 33.0 Å². The number of hydrogen-bond donors (Lipinski definition) is 1. The molecule has 0 amide bonds. The van der Waals surface area contributed by atoms with E-state index < -0.39 is 23.4 Å². The highest BCUT2D eigenvalue weighted by Crippen LogP contribution is 2.45. The van der Waals surface area contributed by atoms with Gasteiger partial charge in [0.15, 0.2) is 0 Å². The van der Waals surface area contributed by atoms with Gasteiger partial charge in [0, 0.05) is 11.1 Å². The van der Waals surface area contributed by atoms with Crippen molar-refractivity contribution in [3.05, 3.63) is 88.6 Å². The van der Waals surface area contributed by atoms with Crippen LogP contribution in [0.25, 0.3) is 22.4 Å². The van der Waals surface area contributed by atoms with Crippen molar-refractivity contribution in [3.63, 3.8) is 0 Å². The molecule has 7 heteroatoms. The van der Waals surface area contributed by atoms with Gasteiger partial charge in [0.05, 0.1) is 23.0 Å². The zero-order valence-corrected chi connectivity index (χ0v) is 20.4. The van der Waals surface area contributed by atoms with Crippen molar-refractivity contribution in [1.29, 1.82) is 0 Å². The maximum absolute atomic E-state index is 14.7. The molecule has 0 saturated carbocycles. The first kappa shape index (κ1) is 26.4. The number of H-pyrrole nitrogens is 1. The topological polar surface area (TPSA) is 28.7 Å². The van der Waals surface area contributed by atoms with Gasteiger partial charge >= 0.3 is 6.18 Å². The largest absolute Gasteiger partial charge is 0.416 e. The van der Waals surface area contributed by atoms with Gasteiger partial charge in [0.25, 0.3) is 0 Å². The molecule has 0 unspecified atom stereocenters. The fourth-order valence-electron chi connectivity index (χ4n) is 4.28. The molecule has 0 spiro atoms. The summed E-state index contributed by atoms with van der Waals surface area (Å²) in [5, 5.41) is 7.00. The summed E-state index contributed by atoms with van der Waals surface area (Å²) in [6, 6.07) is 5.70.